The number of hydrogen-bond acceptors (Lipinski definition) is 5. The number of carboxylic acids is 1. The van der Waals surface area contributed by atoms with Crippen molar-refractivity contribution in [3.8, 4) is 5.69 Å². The lowest BCUT2D eigenvalue weighted by molar-refractivity contribution is 0.0673. The molecule has 0 radical (unpaired) electrons. The summed E-state index contributed by atoms with van der Waals surface area (Å²) in [4.78, 5) is 22.4. The summed E-state index contributed by atoms with van der Waals surface area (Å²) < 4.78 is 7.01. The molecule has 3 rings (SSSR count). The van der Waals surface area contributed by atoms with E-state index in [1.165, 1.54) is 4.68 Å². The van der Waals surface area contributed by atoms with Gasteiger partial charge >= 0.3 is 5.97 Å². The summed E-state index contributed by atoms with van der Waals surface area (Å²) >= 11 is 0. The number of carbonyl (C=O) groups is 2. The van der Waals surface area contributed by atoms with E-state index in [4.69, 9.17) is 10.5 Å². The first kappa shape index (κ1) is 14.2. The third kappa shape index (κ3) is 2.44. The van der Waals surface area contributed by atoms with Gasteiger partial charge in [-0.3, -0.25) is 4.79 Å². The van der Waals surface area contributed by atoms with E-state index in [-0.39, 0.29) is 11.8 Å². The minimum Gasteiger partial charge on any atom is -0.476 e. The lowest BCUT2D eigenvalue weighted by Gasteiger charge is -2.12. The van der Waals surface area contributed by atoms with Crippen LogP contribution >= 0.6 is 0 Å². The summed E-state index contributed by atoms with van der Waals surface area (Å²) in [6.45, 7) is 0.579. The lowest BCUT2D eigenvalue weighted by atomic mass is 10.1. The molecule has 1 fully saturated rings. The smallest absolute Gasteiger partial charge is 0.358 e. The van der Waals surface area contributed by atoms with Gasteiger partial charge in [0.15, 0.2) is 5.69 Å². The second kappa shape index (κ2) is 5.57. The number of nitrogens with zero attached hydrogens (tertiary/aromatic N) is 3. The van der Waals surface area contributed by atoms with Gasteiger partial charge in [0.05, 0.1) is 5.69 Å². The van der Waals surface area contributed by atoms with Gasteiger partial charge in [-0.25, -0.2) is 9.48 Å². The first-order valence-corrected chi connectivity index (χ1v) is 6.78. The molecule has 1 aromatic carbocycles. The minimum absolute atomic E-state index is 0.120. The van der Waals surface area contributed by atoms with Crippen molar-refractivity contribution in [2.24, 2.45) is 5.73 Å². The zero-order chi connectivity index (χ0) is 15.7. The van der Waals surface area contributed by atoms with Gasteiger partial charge in [0.1, 0.15) is 11.8 Å². The maximum atomic E-state index is 11.3. The predicted molar refractivity (Wildman–Crippen MR) is 74.8 cm³/mol. The lowest BCUT2D eigenvalue weighted by Crippen LogP contribution is -2.13. The first-order chi connectivity index (χ1) is 10.6. The molecule has 22 heavy (non-hydrogen) atoms. The first-order valence-electron chi connectivity index (χ1n) is 6.78. The Morgan fingerprint density at radius 1 is 1.32 bits per heavy atom. The normalized spacial score (nSPS) is 17.5. The van der Waals surface area contributed by atoms with Crippen molar-refractivity contribution in [3.05, 3.63) is 41.2 Å². The highest BCUT2D eigenvalue weighted by Crippen LogP contribution is 2.31. The largest absolute Gasteiger partial charge is 0.476 e. The summed E-state index contributed by atoms with van der Waals surface area (Å²) in [5.74, 6) is -1.68. The number of amides is 1. The highest BCUT2D eigenvalue weighted by Gasteiger charge is 2.30. The third-order valence-corrected chi connectivity index (χ3v) is 3.54. The van der Waals surface area contributed by atoms with Gasteiger partial charge in [0.2, 0.25) is 5.91 Å². The van der Waals surface area contributed by atoms with E-state index in [0.717, 1.165) is 6.42 Å². The van der Waals surface area contributed by atoms with Crippen LogP contribution in [0.5, 0.6) is 0 Å². The Kier molecular flexibility index (Phi) is 3.60. The van der Waals surface area contributed by atoms with Crippen LogP contribution < -0.4 is 5.73 Å². The van der Waals surface area contributed by atoms with Crippen LogP contribution in [0.15, 0.2) is 24.3 Å². The number of ether oxygens (including phenoxy) is 1. The Morgan fingerprint density at radius 3 is 2.59 bits per heavy atom. The average molecular weight is 302 g/mol. The third-order valence-electron chi connectivity index (χ3n) is 3.54. The van der Waals surface area contributed by atoms with Gasteiger partial charge in [-0.15, -0.1) is 5.10 Å². The molecule has 8 heteroatoms. The van der Waals surface area contributed by atoms with Gasteiger partial charge in [-0.05, 0) is 37.1 Å². The summed E-state index contributed by atoms with van der Waals surface area (Å²) in [6, 6.07) is 6.38. The summed E-state index contributed by atoms with van der Waals surface area (Å²) in [5.41, 5.74) is 6.45. The number of nitrogens with two attached hydrogens (primary N) is 1. The van der Waals surface area contributed by atoms with Gasteiger partial charge in [-0.1, -0.05) is 5.21 Å². The Balaban J connectivity index is 2.06. The van der Waals surface area contributed by atoms with Crippen molar-refractivity contribution in [2.45, 2.75) is 18.9 Å². The van der Waals surface area contributed by atoms with Gasteiger partial charge < -0.3 is 15.6 Å². The standard InChI is InChI=1S/C14H14N4O4/c15-13(19)8-3-5-9(6-4-8)18-12(10-2-1-7-22-10)11(14(20)21)16-17-18/h3-6,10H,1-2,7H2,(H2,15,19)(H,20,21). The van der Waals surface area contributed by atoms with Crippen molar-refractivity contribution < 1.29 is 19.4 Å². The van der Waals surface area contributed by atoms with Crippen molar-refractivity contribution in [1.29, 1.82) is 0 Å². The molecule has 1 amide bonds. The second-order valence-corrected chi connectivity index (χ2v) is 4.95. The quantitative estimate of drug-likeness (QED) is 0.866. The van der Waals surface area contributed by atoms with Crippen LogP contribution in [-0.2, 0) is 4.74 Å². The molecule has 0 aliphatic carbocycles. The van der Waals surface area contributed by atoms with Crippen LogP contribution in [0.4, 0.5) is 0 Å². The zero-order valence-electron chi connectivity index (χ0n) is 11.6. The highest BCUT2D eigenvalue weighted by molar-refractivity contribution is 5.93. The van der Waals surface area contributed by atoms with E-state index in [0.29, 0.717) is 30.0 Å². The van der Waals surface area contributed by atoms with E-state index in [9.17, 15) is 14.7 Å². The van der Waals surface area contributed by atoms with Crippen LogP contribution in [0, 0.1) is 0 Å². The summed E-state index contributed by atoms with van der Waals surface area (Å²) in [5, 5.41) is 16.9. The molecule has 1 aliphatic heterocycles. The molecule has 114 valence electrons. The van der Waals surface area contributed by atoms with Crippen LogP contribution in [0.1, 0.15) is 45.5 Å². The average Bonchev–Trinajstić information content (AvgIpc) is 3.16. The number of hydrogen-bond donors (Lipinski definition) is 2. The second-order valence-electron chi connectivity index (χ2n) is 4.95. The fraction of sp³-hybridized carbons (Fsp3) is 0.286. The number of carboxylic acid groups (broad SMARTS) is 1. The Bertz CT molecular complexity index is 717. The number of rotatable bonds is 4. The maximum Gasteiger partial charge on any atom is 0.358 e. The Labute approximate surface area is 125 Å². The molecule has 1 atom stereocenters. The molecular formula is C14H14N4O4. The molecule has 8 nitrogen and oxygen atoms in total. The predicted octanol–water partition coefficient (Wildman–Crippen LogP) is 0.916. The molecule has 3 N–H and O–H groups in total. The number of carbonyl (C=O) groups excluding carboxylic acids is 1. The van der Waals surface area contributed by atoms with E-state index in [1.807, 2.05) is 0 Å². The zero-order valence-corrected chi connectivity index (χ0v) is 11.6. The van der Waals surface area contributed by atoms with Crippen molar-refractivity contribution in [1.82, 2.24) is 15.0 Å². The van der Waals surface area contributed by atoms with Crippen LogP contribution in [0.3, 0.4) is 0 Å². The number of aromatic carboxylic acids is 1. The molecule has 2 aromatic rings. The van der Waals surface area contributed by atoms with Crippen molar-refractivity contribution in [2.75, 3.05) is 6.61 Å². The summed E-state index contributed by atoms with van der Waals surface area (Å²) in [7, 11) is 0. The van der Waals surface area contributed by atoms with E-state index < -0.39 is 11.9 Å². The van der Waals surface area contributed by atoms with E-state index in [1.54, 1.807) is 24.3 Å². The molecule has 1 aromatic heterocycles. The van der Waals surface area contributed by atoms with Gasteiger partial charge in [0.25, 0.3) is 0 Å². The SMILES string of the molecule is NC(=O)c1ccc(-n2nnc(C(=O)O)c2C2CCCO2)cc1. The Hall–Kier alpha value is -2.74. The highest BCUT2D eigenvalue weighted by atomic mass is 16.5. The van der Waals surface area contributed by atoms with Crippen LogP contribution in [-0.4, -0.2) is 38.6 Å². The molecule has 1 unspecified atom stereocenters. The van der Waals surface area contributed by atoms with Crippen molar-refractivity contribution in [3.63, 3.8) is 0 Å². The van der Waals surface area contributed by atoms with Gasteiger partial charge in [-0.2, -0.15) is 0 Å². The molecule has 0 spiro atoms. The Morgan fingerprint density at radius 2 is 2.05 bits per heavy atom. The fourth-order valence-electron chi connectivity index (χ4n) is 2.48. The minimum atomic E-state index is -1.15. The molecule has 1 aliphatic rings. The molecular weight excluding hydrogens is 288 g/mol. The summed E-state index contributed by atoms with van der Waals surface area (Å²) in [6.07, 6.45) is 1.22. The monoisotopic (exact) mass is 302 g/mol. The molecule has 0 saturated carbocycles. The molecule has 2 heterocycles. The molecule has 0 bridgehead atoms. The van der Waals surface area contributed by atoms with Crippen LogP contribution in [0.25, 0.3) is 5.69 Å². The van der Waals surface area contributed by atoms with Crippen molar-refractivity contribution >= 4 is 11.9 Å². The van der Waals surface area contributed by atoms with E-state index >= 15 is 0 Å². The topological polar surface area (TPSA) is 120 Å². The van der Waals surface area contributed by atoms with Crippen LogP contribution in [0.2, 0.25) is 0 Å². The fourth-order valence-corrected chi connectivity index (χ4v) is 2.48. The van der Waals surface area contributed by atoms with E-state index in [2.05, 4.69) is 10.3 Å². The number of primary amides is 1. The van der Waals surface area contributed by atoms with Gasteiger partial charge in [0, 0.05) is 12.2 Å². The maximum absolute atomic E-state index is 11.3. The molecule has 1 saturated heterocycles. The number of benzene rings is 1. The number of aromatic nitrogens is 3.